The summed E-state index contributed by atoms with van der Waals surface area (Å²) in [4.78, 5) is 26.2. The molecule has 2 aliphatic heterocycles. The molecule has 2 fully saturated rings. The zero-order chi connectivity index (χ0) is 15.3. The number of methoxy groups -OCH3 is 1. The lowest BCUT2D eigenvalue weighted by molar-refractivity contribution is -0.144. The molecule has 2 saturated heterocycles. The lowest BCUT2D eigenvalue weighted by Crippen LogP contribution is -2.52. The van der Waals surface area contributed by atoms with Crippen LogP contribution < -0.4 is 10.6 Å². The third kappa shape index (κ3) is 4.17. The van der Waals surface area contributed by atoms with Gasteiger partial charge in [0, 0.05) is 31.7 Å². The van der Waals surface area contributed by atoms with E-state index in [1.165, 1.54) is 7.11 Å². The average Bonchev–Trinajstić information content (AvgIpc) is 2.48. The minimum atomic E-state index is -0.211. The number of piperidine rings is 2. The quantitative estimate of drug-likeness (QED) is 0.774. The van der Waals surface area contributed by atoms with Gasteiger partial charge in [-0.1, -0.05) is 6.92 Å². The minimum absolute atomic E-state index is 0.0763. The number of rotatable bonds is 4. The molecule has 0 radical (unpaired) electrons. The molecule has 0 bridgehead atoms. The van der Waals surface area contributed by atoms with Crippen molar-refractivity contribution in [2.24, 2.45) is 5.41 Å². The van der Waals surface area contributed by atoms with E-state index in [2.05, 4.69) is 17.6 Å². The second-order valence-electron chi connectivity index (χ2n) is 6.38. The Morgan fingerprint density at radius 1 is 1.29 bits per heavy atom. The van der Waals surface area contributed by atoms with Crippen LogP contribution in [-0.4, -0.2) is 62.7 Å². The Bertz CT molecular complexity index is 372. The summed E-state index contributed by atoms with van der Waals surface area (Å²) in [7, 11) is 1.51. The number of ether oxygens (including phenoxy) is 1. The molecule has 2 amide bonds. The molecule has 2 rings (SSSR count). The summed E-state index contributed by atoms with van der Waals surface area (Å²) in [6.45, 7) is 5.50. The Balaban J connectivity index is 1.80. The summed E-state index contributed by atoms with van der Waals surface area (Å²) in [5, 5.41) is 6.26. The van der Waals surface area contributed by atoms with Gasteiger partial charge in [0.1, 0.15) is 6.61 Å². The average molecular weight is 297 g/mol. The number of carbonyl (C=O) groups is 2. The van der Waals surface area contributed by atoms with Crippen molar-refractivity contribution in [3.63, 3.8) is 0 Å². The van der Waals surface area contributed by atoms with Gasteiger partial charge in [-0.3, -0.25) is 9.59 Å². The molecule has 120 valence electrons. The van der Waals surface area contributed by atoms with E-state index in [4.69, 9.17) is 4.74 Å². The second-order valence-corrected chi connectivity index (χ2v) is 6.38. The third-order valence-electron chi connectivity index (χ3n) is 4.65. The maximum absolute atomic E-state index is 12.7. The Hall–Kier alpha value is -1.14. The predicted octanol–water partition coefficient (Wildman–Crippen LogP) is 0.130. The minimum Gasteiger partial charge on any atom is -0.375 e. The first-order valence-electron chi connectivity index (χ1n) is 7.83. The van der Waals surface area contributed by atoms with Crippen LogP contribution in [-0.2, 0) is 14.3 Å². The zero-order valence-electron chi connectivity index (χ0n) is 13.1. The van der Waals surface area contributed by atoms with Gasteiger partial charge in [0.25, 0.3) is 0 Å². The first-order valence-corrected chi connectivity index (χ1v) is 7.83. The SMILES string of the molecule is COCC(=O)NC1CCN(C(=O)C2(C)CCNCC2)CC1. The lowest BCUT2D eigenvalue weighted by Gasteiger charge is -2.40. The smallest absolute Gasteiger partial charge is 0.246 e. The summed E-state index contributed by atoms with van der Waals surface area (Å²) in [5.41, 5.74) is -0.211. The Morgan fingerprint density at radius 2 is 1.90 bits per heavy atom. The molecule has 0 aromatic heterocycles. The molecule has 0 atom stereocenters. The van der Waals surface area contributed by atoms with Crippen LogP contribution in [0, 0.1) is 5.41 Å². The van der Waals surface area contributed by atoms with Gasteiger partial charge in [-0.25, -0.2) is 0 Å². The highest BCUT2D eigenvalue weighted by molar-refractivity contribution is 5.82. The summed E-state index contributed by atoms with van der Waals surface area (Å²) >= 11 is 0. The maximum Gasteiger partial charge on any atom is 0.246 e. The van der Waals surface area contributed by atoms with E-state index in [0.717, 1.165) is 51.9 Å². The third-order valence-corrected chi connectivity index (χ3v) is 4.65. The molecule has 2 heterocycles. The summed E-state index contributed by atoms with van der Waals surface area (Å²) < 4.78 is 4.81. The Morgan fingerprint density at radius 3 is 2.48 bits per heavy atom. The molecule has 0 aromatic rings. The normalized spacial score (nSPS) is 22.9. The zero-order valence-corrected chi connectivity index (χ0v) is 13.1. The molecule has 0 spiro atoms. The Kier molecular flexibility index (Phi) is 5.58. The van der Waals surface area contributed by atoms with Crippen molar-refractivity contribution in [1.82, 2.24) is 15.5 Å². The molecule has 2 N–H and O–H groups in total. The molecule has 0 aromatic carbocycles. The van der Waals surface area contributed by atoms with Gasteiger partial charge >= 0.3 is 0 Å². The van der Waals surface area contributed by atoms with Crippen molar-refractivity contribution in [3.8, 4) is 0 Å². The van der Waals surface area contributed by atoms with Crippen LogP contribution in [0.4, 0.5) is 0 Å². The number of nitrogens with one attached hydrogen (secondary N) is 2. The van der Waals surface area contributed by atoms with E-state index in [1.807, 2.05) is 4.90 Å². The van der Waals surface area contributed by atoms with E-state index < -0.39 is 0 Å². The molecule has 0 aliphatic carbocycles. The summed E-state index contributed by atoms with van der Waals surface area (Å²) in [5.74, 6) is 0.207. The van der Waals surface area contributed by atoms with Crippen molar-refractivity contribution >= 4 is 11.8 Å². The van der Waals surface area contributed by atoms with E-state index >= 15 is 0 Å². The van der Waals surface area contributed by atoms with Gasteiger partial charge in [-0.2, -0.15) is 0 Å². The topological polar surface area (TPSA) is 70.7 Å². The number of amides is 2. The predicted molar refractivity (Wildman–Crippen MR) is 79.8 cm³/mol. The molecule has 0 saturated carbocycles. The highest BCUT2D eigenvalue weighted by atomic mass is 16.5. The fourth-order valence-electron chi connectivity index (χ4n) is 3.20. The van der Waals surface area contributed by atoms with Gasteiger partial charge < -0.3 is 20.3 Å². The molecule has 0 unspecified atom stereocenters. The number of nitrogens with zero attached hydrogens (tertiary/aromatic N) is 1. The van der Waals surface area contributed by atoms with Crippen LogP contribution in [0.15, 0.2) is 0 Å². The lowest BCUT2D eigenvalue weighted by atomic mass is 9.79. The highest BCUT2D eigenvalue weighted by Crippen LogP contribution is 2.31. The van der Waals surface area contributed by atoms with Crippen LogP contribution in [0.5, 0.6) is 0 Å². The fraction of sp³-hybridized carbons (Fsp3) is 0.867. The summed E-state index contributed by atoms with van der Waals surface area (Å²) in [6, 6.07) is 0.164. The van der Waals surface area contributed by atoms with Crippen molar-refractivity contribution in [1.29, 1.82) is 0 Å². The van der Waals surface area contributed by atoms with E-state index in [0.29, 0.717) is 0 Å². The van der Waals surface area contributed by atoms with Crippen molar-refractivity contribution < 1.29 is 14.3 Å². The molecule has 6 heteroatoms. The van der Waals surface area contributed by atoms with E-state index in [9.17, 15) is 9.59 Å². The first kappa shape index (κ1) is 16.2. The fourth-order valence-corrected chi connectivity index (χ4v) is 3.20. The van der Waals surface area contributed by atoms with Crippen LogP contribution >= 0.6 is 0 Å². The highest BCUT2D eigenvalue weighted by Gasteiger charge is 2.38. The number of hydrogen-bond donors (Lipinski definition) is 2. The number of hydrogen-bond acceptors (Lipinski definition) is 4. The first-order chi connectivity index (χ1) is 10.0. The summed E-state index contributed by atoms with van der Waals surface area (Å²) in [6.07, 6.45) is 3.48. The van der Waals surface area contributed by atoms with Crippen molar-refractivity contribution in [2.45, 2.75) is 38.6 Å². The molecular formula is C15H27N3O3. The molecule has 6 nitrogen and oxygen atoms in total. The van der Waals surface area contributed by atoms with Gasteiger partial charge in [-0.05, 0) is 38.8 Å². The van der Waals surface area contributed by atoms with E-state index in [-0.39, 0.29) is 29.9 Å². The van der Waals surface area contributed by atoms with Crippen LogP contribution in [0.2, 0.25) is 0 Å². The Labute approximate surface area is 126 Å². The van der Waals surface area contributed by atoms with Gasteiger partial charge in [0.2, 0.25) is 11.8 Å². The van der Waals surface area contributed by atoms with Gasteiger partial charge in [0.05, 0.1) is 0 Å². The van der Waals surface area contributed by atoms with Gasteiger partial charge in [-0.15, -0.1) is 0 Å². The second kappa shape index (κ2) is 7.22. The monoisotopic (exact) mass is 297 g/mol. The van der Waals surface area contributed by atoms with Gasteiger partial charge in [0.15, 0.2) is 0 Å². The van der Waals surface area contributed by atoms with Crippen molar-refractivity contribution in [3.05, 3.63) is 0 Å². The standard InChI is InChI=1S/C15H27N3O3/c1-15(5-7-16-8-6-15)14(20)18-9-3-12(4-10-18)17-13(19)11-21-2/h12,16H,3-11H2,1-2H3,(H,17,19). The number of carbonyl (C=O) groups excluding carboxylic acids is 2. The maximum atomic E-state index is 12.7. The largest absolute Gasteiger partial charge is 0.375 e. The molecular weight excluding hydrogens is 270 g/mol. The van der Waals surface area contributed by atoms with Crippen molar-refractivity contribution in [2.75, 3.05) is 39.9 Å². The molecule has 2 aliphatic rings. The van der Waals surface area contributed by atoms with E-state index in [1.54, 1.807) is 0 Å². The molecule has 21 heavy (non-hydrogen) atoms. The van der Waals surface area contributed by atoms with Crippen LogP contribution in [0.25, 0.3) is 0 Å². The van der Waals surface area contributed by atoms with Crippen LogP contribution in [0.3, 0.4) is 0 Å². The number of likely N-dealkylation sites (tertiary alicyclic amines) is 1. The van der Waals surface area contributed by atoms with Crippen LogP contribution in [0.1, 0.15) is 32.6 Å².